The van der Waals surface area contributed by atoms with Gasteiger partial charge >= 0.3 is 5.97 Å². The van der Waals surface area contributed by atoms with Crippen molar-refractivity contribution in [2.75, 3.05) is 13.7 Å². The molecule has 0 spiro atoms. The van der Waals surface area contributed by atoms with Crippen LogP contribution in [0.15, 0.2) is 0 Å². The molecule has 1 aliphatic heterocycles. The van der Waals surface area contributed by atoms with E-state index in [-0.39, 0.29) is 18.1 Å². The maximum absolute atomic E-state index is 10.9. The summed E-state index contributed by atoms with van der Waals surface area (Å²) in [7, 11) is 3.99. The minimum absolute atomic E-state index is 0.0987. The number of carbonyl (C=O) groups excluding carboxylic acids is 1. The Morgan fingerprint density at radius 3 is 2.92 bits per heavy atom. The Bertz CT molecular complexity index is 167. The summed E-state index contributed by atoms with van der Waals surface area (Å²) in [5.74, 6) is -0.190. The van der Waals surface area contributed by atoms with E-state index in [9.17, 15) is 4.79 Å². The molecule has 0 bridgehead atoms. The fraction of sp³-hybridized carbons (Fsp3) is 0.857. The summed E-state index contributed by atoms with van der Waals surface area (Å²) in [6.45, 7) is 0.938. The predicted octanol–water partition coefficient (Wildman–Crippen LogP) is -0.259. The van der Waals surface area contributed by atoms with Crippen LogP contribution in [0.4, 0.5) is 0 Å². The van der Waals surface area contributed by atoms with Gasteiger partial charge in [0.05, 0.1) is 13.5 Å². The molecule has 3 atom stereocenters. The maximum Gasteiger partial charge on any atom is 0.307 e. The highest BCUT2D eigenvalue weighted by Crippen LogP contribution is 2.22. The van der Waals surface area contributed by atoms with Crippen LogP contribution in [-0.4, -0.2) is 36.4 Å². The zero-order valence-electron chi connectivity index (χ0n) is 7.19. The number of rotatable bonds is 2. The van der Waals surface area contributed by atoms with Crippen LogP contribution in [0.5, 0.6) is 0 Å². The molecule has 5 heteroatoms. The van der Waals surface area contributed by atoms with Crippen molar-refractivity contribution >= 4 is 15.4 Å². The van der Waals surface area contributed by atoms with Gasteiger partial charge in [-0.15, -0.1) is 0 Å². The molecular weight excluding hydrogens is 175 g/mol. The molecule has 0 saturated carbocycles. The van der Waals surface area contributed by atoms with Crippen molar-refractivity contribution in [2.24, 2.45) is 5.73 Å². The van der Waals surface area contributed by atoms with Crippen LogP contribution >= 0.6 is 9.39 Å². The van der Waals surface area contributed by atoms with Gasteiger partial charge in [-0.3, -0.25) is 9.46 Å². The molecule has 1 saturated heterocycles. The van der Waals surface area contributed by atoms with Crippen LogP contribution in [0.3, 0.4) is 0 Å². The van der Waals surface area contributed by atoms with Gasteiger partial charge in [-0.25, -0.2) is 0 Å². The molecule has 0 aromatic carbocycles. The molecule has 1 heterocycles. The number of hydrogen-bond donors (Lipinski definition) is 1. The van der Waals surface area contributed by atoms with Gasteiger partial charge in [0.1, 0.15) is 0 Å². The molecule has 3 unspecified atom stereocenters. The first-order chi connectivity index (χ1) is 5.65. The fourth-order valence-electron chi connectivity index (χ4n) is 1.43. The molecule has 0 amide bonds. The highest BCUT2D eigenvalue weighted by molar-refractivity contribution is 7.13. The third kappa shape index (κ3) is 2.16. The van der Waals surface area contributed by atoms with Crippen molar-refractivity contribution in [2.45, 2.75) is 24.9 Å². The maximum atomic E-state index is 10.9. The van der Waals surface area contributed by atoms with E-state index in [1.54, 1.807) is 0 Å². The van der Waals surface area contributed by atoms with Crippen molar-refractivity contribution in [1.82, 2.24) is 4.67 Å². The normalized spacial score (nSPS) is 30.6. The zero-order valence-corrected chi connectivity index (χ0v) is 8.35. The molecule has 1 rings (SSSR count). The van der Waals surface area contributed by atoms with E-state index in [1.165, 1.54) is 7.11 Å². The van der Waals surface area contributed by atoms with Gasteiger partial charge in [0.2, 0.25) is 0 Å². The quantitative estimate of drug-likeness (QED) is 0.481. The highest BCUT2D eigenvalue weighted by atomic mass is 31.0. The molecule has 1 fully saturated rings. The summed E-state index contributed by atoms with van der Waals surface area (Å²) in [5, 5.41) is 0. The van der Waals surface area contributed by atoms with E-state index in [1.807, 2.05) is 4.67 Å². The van der Waals surface area contributed by atoms with Crippen LogP contribution < -0.4 is 5.73 Å². The van der Waals surface area contributed by atoms with Crippen LogP contribution in [0.2, 0.25) is 0 Å². The van der Waals surface area contributed by atoms with Crippen molar-refractivity contribution in [3.05, 3.63) is 0 Å². The number of nitrogens with zero attached hydrogens (tertiary/aromatic N) is 1. The van der Waals surface area contributed by atoms with Crippen LogP contribution in [0, 0.1) is 0 Å². The fourth-order valence-corrected chi connectivity index (χ4v) is 1.90. The lowest BCUT2D eigenvalue weighted by molar-refractivity contribution is -0.141. The van der Waals surface area contributed by atoms with Gasteiger partial charge in [-0.1, -0.05) is 9.39 Å². The number of methoxy groups -OCH3 is 1. The van der Waals surface area contributed by atoms with E-state index in [0.717, 1.165) is 13.0 Å². The second kappa shape index (κ2) is 4.17. The van der Waals surface area contributed by atoms with Crippen molar-refractivity contribution < 1.29 is 9.53 Å². The number of hydrogen-bond acceptors (Lipinski definition) is 4. The van der Waals surface area contributed by atoms with Gasteiger partial charge in [0.15, 0.2) is 0 Å². The Hall–Kier alpha value is -0.180. The molecule has 0 aromatic rings. The van der Waals surface area contributed by atoms with E-state index < -0.39 is 0 Å². The SMILES string of the molecule is COC(=O)CC1C(N)CCN1P. The van der Waals surface area contributed by atoms with Gasteiger partial charge < -0.3 is 10.5 Å². The van der Waals surface area contributed by atoms with E-state index >= 15 is 0 Å². The molecule has 0 aromatic heterocycles. The second-order valence-electron chi connectivity index (χ2n) is 3.04. The summed E-state index contributed by atoms with van der Waals surface area (Å²) in [6, 6.07) is 0.226. The largest absolute Gasteiger partial charge is 0.469 e. The molecule has 12 heavy (non-hydrogen) atoms. The minimum Gasteiger partial charge on any atom is -0.469 e. The first kappa shape index (κ1) is 9.90. The van der Waals surface area contributed by atoms with Crippen molar-refractivity contribution in [3.8, 4) is 0 Å². The van der Waals surface area contributed by atoms with Crippen LogP contribution in [-0.2, 0) is 9.53 Å². The lowest BCUT2D eigenvalue weighted by Crippen LogP contribution is -2.36. The molecule has 4 nitrogen and oxygen atoms in total. The van der Waals surface area contributed by atoms with Crippen LogP contribution in [0.25, 0.3) is 0 Å². The molecule has 2 N–H and O–H groups in total. The first-order valence-electron chi connectivity index (χ1n) is 3.99. The second-order valence-corrected chi connectivity index (χ2v) is 3.70. The van der Waals surface area contributed by atoms with Gasteiger partial charge in [-0.05, 0) is 6.42 Å². The zero-order chi connectivity index (χ0) is 9.14. The standard InChI is InChI=1S/C7H15N2O2P/c1-11-7(10)4-6-5(8)2-3-9(6)12/h5-6H,2-4,8,12H2,1H3. The molecule has 70 valence electrons. The molecule has 1 aliphatic rings. The summed E-state index contributed by atoms with van der Waals surface area (Å²) in [6.07, 6.45) is 1.34. The summed E-state index contributed by atoms with van der Waals surface area (Å²) < 4.78 is 6.61. The van der Waals surface area contributed by atoms with Crippen LogP contribution in [0.1, 0.15) is 12.8 Å². The van der Waals surface area contributed by atoms with E-state index in [4.69, 9.17) is 5.73 Å². The number of carbonyl (C=O) groups is 1. The predicted molar refractivity (Wildman–Crippen MR) is 49.4 cm³/mol. The van der Waals surface area contributed by atoms with Gasteiger partial charge in [0.25, 0.3) is 0 Å². The topological polar surface area (TPSA) is 55.6 Å². The van der Waals surface area contributed by atoms with Gasteiger partial charge in [-0.2, -0.15) is 0 Å². The van der Waals surface area contributed by atoms with Gasteiger partial charge in [0, 0.05) is 18.6 Å². The third-order valence-electron chi connectivity index (χ3n) is 2.24. The number of esters is 1. The average molecular weight is 190 g/mol. The minimum atomic E-state index is -0.190. The molecular formula is C7H15N2O2P. The Kier molecular flexibility index (Phi) is 3.44. The number of nitrogens with two attached hydrogens (primary N) is 1. The Morgan fingerprint density at radius 2 is 2.50 bits per heavy atom. The first-order valence-corrected chi connectivity index (χ1v) is 4.50. The van der Waals surface area contributed by atoms with E-state index in [2.05, 4.69) is 14.1 Å². The Balaban J connectivity index is 2.44. The summed E-state index contributed by atoms with van der Waals surface area (Å²) >= 11 is 0. The third-order valence-corrected chi connectivity index (χ3v) is 2.89. The highest BCUT2D eigenvalue weighted by Gasteiger charge is 2.30. The molecule has 0 radical (unpaired) electrons. The summed E-state index contributed by atoms with van der Waals surface area (Å²) in [4.78, 5) is 10.9. The van der Waals surface area contributed by atoms with Crippen molar-refractivity contribution in [1.29, 1.82) is 0 Å². The summed E-state index contributed by atoms with van der Waals surface area (Å²) in [5.41, 5.74) is 5.81. The Morgan fingerprint density at radius 1 is 1.83 bits per heavy atom. The average Bonchev–Trinajstić information content (AvgIpc) is 2.35. The molecule has 0 aliphatic carbocycles. The lowest BCUT2D eigenvalue weighted by atomic mass is 10.1. The lowest BCUT2D eigenvalue weighted by Gasteiger charge is -2.20. The monoisotopic (exact) mass is 190 g/mol. The van der Waals surface area contributed by atoms with Crippen molar-refractivity contribution in [3.63, 3.8) is 0 Å². The number of ether oxygens (including phenoxy) is 1. The van der Waals surface area contributed by atoms with E-state index in [0.29, 0.717) is 6.42 Å². The smallest absolute Gasteiger partial charge is 0.307 e. The Labute approximate surface area is 74.7 Å².